The van der Waals surface area contributed by atoms with Crippen molar-refractivity contribution in [1.29, 1.82) is 5.26 Å². The molecule has 1 aliphatic carbocycles. The van der Waals surface area contributed by atoms with E-state index < -0.39 is 0 Å². The van der Waals surface area contributed by atoms with Crippen LogP contribution in [0.1, 0.15) is 24.1 Å². The number of aromatic amines is 1. The Hall–Kier alpha value is -2.61. The number of rotatable bonds is 1. The van der Waals surface area contributed by atoms with Crippen molar-refractivity contribution in [1.82, 2.24) is 14.6 Å². The number of fused-ring (bicyclic) bond motifs is 1. The summed E-state index contributed by atoms with van der Waals surface area (Å²) in [6.45, 7) is 0. The molecule has 18 heavy (non-hydrogen) atoms. The molecule has 2 aromatic rings. The Bertz CT molecular complexity index is 770. The minimum Gasteiger partial charge on any atom is -0.295 e. The molecule has 0 saturated carbocycles. The van der Waals surface area contributed by atoms with E-state index in [2.05, 4.69) is 16.2 Å². The maximum atomic E-state index is 11.9. The lowest BCUT2D eigenvalue weighted by Gasteiger charge is -2.08. The van der Waals surface area contributed by atoms with Crippen molar-refractivity contribution >= 4 is 11.2 Å². The molecule has 0 bridgehead atoms. The standard InChI is InChI=1S/C13H10N4O/c14-7-10-8-15-17-12(18)6-11(16-13(10)17)9-4-2-1-3-5-9/h1-2,4,6,8,15H,3,5H2. The average Bonchev–Trinajstić information content (AvgIpc) is 2.83. The molecule has 1 N–H and O–H groups in total. The van der Waals surface area contributed by atoms with Crippen molar-refractivity contribution < 1.29 is 0 Å². The van der Waals surface area contributed by atoms with Crippen molar-refractivity contribution in [3.63, 3.8) is 0 Å². The fraction of sp³-hybridized carbons (Fsp3) is 0.154. The summed E-state index contributed by atoms with van der Waals surface area (Å²) in [6.07, 6.45) is 9.30. The SMILES string of the molecule is N#Cc1c[nH]n2c(=O)cc(C3=CC=CCC3)nc12. The lowest BCUT2D eigenvalue weighted by atomic mass is 10.0. The average molecular weight is 238 g/mol. The van der Waals surface area contributed by atoms with Crippen LogP contribution in [-0.2, 0) is 0 Å². The van der Waals surface area contributed by atoms with Crippen LogP contribution < -0.4 is 5.56 Å². The Balaban J connectivity index is 2.26. The first-order valence-corrected chi connectivity index (χ1v) is 5.67. The van der Waals surface area contributed by atoms with Gasteiger partial charge in [0.2, 0.25) is 0 Å². The predicted octanol–water partition coefficient (Wildman–Crippen LogP) is 1.63. The first-order chi connectivity index (χ1) is 8.79. The number of nitriles is 1. The Labute approximate surface area is 103 Å². The van der Waals surface area contributed by atoms with Crippen LogP contribution in [0.4, 0.5) is 0 Å². The van der Waals surface area contributed by atoms with E-state index in [4.69, 9.17) is 5.26 Å². The molecule has 2 heterocycles. The normalized spacial score (nSPS) is 14.5. The monoisotopic (exact) mass is 238 g/mol. The molecule has 0 spiro atoms. The van der Waals surface area contributed by atoms with Crippen molar-refractivity contribution in [2.75, 3.05) is 0 Å². The van der Waals surface area contributed by atoms with Gasteiger partial charge in [0.1, 0.15) is 11.6 Å². The highest BCUT2D eigenvalue weighted by Crippen LogP contribution is 2.21. The maximum Gasteiger partial charge on any atom is 0.273 e. The fourth-order valence-corrected chi connectivity index (χ4v) is 2.04. The van der Waals surface area contributed by atoms with Gasteiger partial charge in [0, 0.05) is 12.3 Å². The molecule has 0 aliphatic heterocycles. The molecule has 1 aliphatic rings. The first-order valence-electron chi connectivity index (χ1n) is 5.67. The van der Waals surface area contributed by atoms with Crippen molar-refractivity contribution in [2.45, 2.75) is 12.8 Å². The molecule has 0 unspecified atom stereocenters. The summed E-state index contributed by atoms with van der Waals surface area (Å²) in [5, 5.41) is 11.7. The molecule has 5 heteroatoms. The number of hydrogen-bond donors (Lipinski definition) is 1. The van der Waals surface area contributed by atoms with E-state index in [0.29, 0.717) is 16.9 Å². The number of nitrogens with zero attached hydrogens (tertiary/aromatic N) is 3. The van der Waals surface area contributed by atoms with E-state index in [1.54, 1.807) is 0 Å². The summed E-state index contributed by atoms with van der Waals surface area (Å²) >= 11 is 0. The molecule has 0 aromatic carbocycles. The lowest BCUT2D eigenvalue weighted by molar-refractivity contribution is 0.892. The molecule has 0 fully saturated rings. The molecule has 2 aromatic heterocycles. The van der Waals surface area contributed by atoms with Crippen LogP contribution in [0.2, 0.25) is 0 Å². The third-order valence-corrected chi connectivity index (χ3v) is 2.96. The van der Waals surface area contributed by atoms with Gasteiger partial charge in [-0.25, -0.2) is 9.50 Å². The summed E-state index contributed by atoms with van der Waals surface area (Å²) in [6, 6.07) is 3.52. The summed E-state index contributed by atoms with van der Waals surface area (Å²) in [5.74, 6) is 0. The van der Waals surface area contributed by atoms with Crippen LogP contribution in [0.3, 0.4) is 0 Å². The lowest BCUT2D eigenvalue weighted by Crippen LogP contribution is -2.15. The second-order valence-corrected chi connectivity index (χ2v) is 4.10. The molecule has 3 rings (SSSR count). The van der Waals surface area contributed by atoms with E-state index in [1.165, 1.54) is 16.8 Å². The zero-order chi connectivity index (χ0) is 12.5. The van der Waals surface area contributed by atoms with Gasteiger partial charge in [-0.3, -0.25) is 9.89 Å². The Kier molecular flexibility index (Phi) is 2.34. The van der Waals surface area contributed by atoms with Crippen LogP contribution >= 0.6 is 0 Å². The van der Waals surface area contributed by atoms with E-state index in [1.807, 2.05) is 18.2 Å². The number of H-pyrrole nitrogens is 1. The Morgan fingerprint density at radius 1 is 1.50 bits per heavy atom. The van der Waals surface area contributed by atoms with Gasteiger partial charge in [0.25, 0.3) is 5.56 Å². The summed E-state index contributed by atoms with van der Waals surface area (Å²) in [7, 11) is 0. The minimum absolute atomic E-state index is 0.202. The van der Waals surface area contributed by atoms with Crippen molar-refractivity contribution in [2.24, 2.45) is 0 Å². The van der Waals surface area contributed by atoms with Crippen LogP contribution in [0, 0.1) is 11.3 Å². The van der Waals surface area contributed by atoms with Crippen LogP contribution in [0.25, 0.3) is 11.2 Å². The van der Waals surface area contributed by atoms with Crippen molar-refractivity contribution in [3.8, 4) is 6.07 Å². The van der Waals surface area contributed by atoms with Gasteiger partial charge >= 0.3 is 0 Å². The molecule has 5 nitrogen and oxygen atoms in total. The number of hydrogen-bond acceptors (Lipinski definition) is 3. The third-order valence-electron chi connectivity index (χ3n) is 2.96. The maximum absolute atomic E-state index is 11.9. The highest BCUT2D eigenvalue weighted by molar-refractivity contribution is 5.67. The van der Waals surface area contributed by atoms with Crippen LogP contribution in [0.15, 0.2) is 35.3 Å². The largest absolute Gasteiger partial charge is 0.295 e. The Morgan fingerprint density at radius 3 is 3.11 bits per heavy atom. The van der Waals surface area contributed by atoms with Gasteiger partial charge in [-0.1, -0.05) is 18.2 Å². The molecule has 0 atom stereocenters. The highest BCUT2D eigenvalue weighted by Gasteiger charge is 2.11. The van der Waals surface area contributed by atoms with Gasteiger partial charge in [-0.05, 0) is 18.4 Å². The highest BCUT2D eigenvalue weighted by atomic mass is 16.1. The van der Waals surface area contributed by atoms with Gasteiger partial charge in [-0.15, -0.1) is 0 Å². The predicted molar refractivity (Wildman–Crippen MR) is 66.9 cm³/mol. The summed E-state index contributed by atoms with van der Waals surface area (Å²) in [4.78, 5) is 16.3. The van der Waals surface area contributed by atoms with E-state index >= 15 is 0 Å². The number of allylic oxidation sites excluding steroid dienone is 4. The van der Waals surface area contributed by atoms with Crippen LogP contribution in [0.5, 0.6) is 0 Å². The first kappa shape index (κ1) is 10.5. The van der Waals surface area contributed by atoms with Gasteiger partial charge in [-0.2, -0.15) is 5.26 Å². The quantitative estimate of drug-likeness (QED) is 0.820. The number of nitrogens with one attached hydrogen (secondary N) is 1. The second kappa shape index (κ2) is 4.00. The minimum atomic E-state index is -0.202. The molecular formula is C13H10N4O. The molecule has 0 radical (unpaired) electrons. The van der Waals surface area contributed by atoms with E-state index in [0.717, 1.165) is 18.4 Å². The summed E-state index contributed by atoms with van der Waals surface area (Å²) in [5.41, 5.74) is 2.24. The smallest absolute Gasteiger partial charge is 0.273 e. The van der Waals surface area contributed by atoms with Crippen LogP contribution in [-0.4, -0.2) is 14.6 Å². The number of aromatic nitrogens is 3. The Morgan fingerprint density at radius 2 is 2.39 bits per heavy atom. The molecule has 0 amide bonds. The van der Waals surface area contributed by atoms with E-state index in [9.17, 15) is 4.79 Å². The van der Waals surface area contributed by atoms with Gasteiger partial charge < -0.3 is 0 Å². The molecular weight excluding hydrogens is 228 g/mol. The second-order valence-electron chi connectivity index (χ2n) is 4.10. The molecule has 0 saturated heterocycles. The zero-order valence-corrected chi connectivity index (χ0v) is 9.55. The molecule has 88 valence electrons. The fourth-order valence-electron chi connectivity index (χ4n) is 2.04. The zero-order valence-electron chi connectivity index (χ0n) is 9.55. The third kappa shape index (κ3) is 1.55. The van der Waals surface area contributed by atoms with Gasteiger partial charge in [0.15, 0.2) is 5.65 Å². The van der Waals surface area contributed by atoms with Crippen molar-refractivity contribution in [3.05, 3.63) is 52.1 Å². The van der Waals surface area contributed by atoms with Gasteiger partial charge in [0.05, 0.1) is 5.69 Å². The van der Waals surface area contributed by atoms with E-state index in [-0.39, 0.29) is 5.56 Å². The summed E-state index contributed by atoms with van der Waals surface area (Å²) < 4.78 is 1.28. The topological polar surface area (TPSA) is 73.9 Å².